The molecule has 3 fully saturated rings. The summed E-state index contributed by atoms with van der Waals surface area (Å²) in [6.45, 7) is 8.48. The third-order valence-corrected chi connectivity index (χ3v) is 15.3. The summed E-state index contributed by atoms with van der Waals surface area (Å²) < 4.78 is 40.1. The fourth-order valence-electron chi connectivity index (χ4n) is 11.7. The van der Waals surface area contributed by atoms with Crippen LogP contribution in [0.25, 0.3) is 16.8 Å². The Morgan fingerprint density at radius 3 is 2.48 bits per heavy atom. The summed E-state index contributed by atoms with van der Waals surface area (Å²) in [7, 11) is 1.55. The number of carbonyl (C=O) groups is 4. The molecule has 1 N–H and O–H groups in total. The highest BCUT2D eigenvalue weighted by atomic mass is 19.3. The van der Waals surface area contributed by atoms with Gasteiger partial charge in [-0.3, -0.25) is 29.2 Å². The Kier molecular flexibility index (Phi) is 11.2. The van der Waals surface area contributed by atoms with Gasteiger partial charge in [0.25, 0.3) is 12.3 Å². The molecule has 15 nitrogen and oxygen atoms in total. The van der Waals surface area contributed by atoms with E-state index in [-0.39, 0.29) is 37.2 Å². The molecule has 11 rings (SSSR count). The molecule has 0 saturated carbocycles. The molecule has 352 valence electrons. The molecule has 17 heteroatoms. The fourth-order valence-corrected chi connectivity index (χ4v) is 11.7. The van der Waals surface area contributed by atoms with E-state index < -0.39 is 18.4 Å². The van der Waals surface area contributed by atoms with Crippen LogP contribution in [0.3, 0.4) is 0 Å². The highest BCUT2D eigenvalue weighted by Gasteiger charge is 2.40. The number of halogens is 2. The van der Waals surface area contributed by atoms with Crippen LogP contribution in [0.4, 0.5) is 26.0 Å². The molecule has 1 unspecified atom stereocenters. The van der Waals surface area contributed by atoms with Crippen LogP contribution in [0.5, 0.6) is 5.75 Å². The van der Waals surface area contributed by atoms with Crippen molar-refractivity contribution in [2.24, 2.45) is 5.92 Å². The lowest BCUT2D eigenvalue weighted by atomic mass is 9.91. The van der Waals surface area contributed by atoms with Gasteiger partial charge in [0.15, 0.2) is 5.82 Å². The van der Waals surface area contributed by atoms with E-state index in [9.17, 15) is 19.2 Å². The van der Waals surface area contributed by atoms with Crippen molar-refractivity contribution in [3.63, 3.8) is 0 Å². The van der Waals surface area contributed by atoms with Crippen LogP contribution < -0.4 is 19.9 Å². The lowest BCUT2D eigenvalue weighted by Crippen LogP contribution is -2.52. The van der Waals surface area contributed by atoms with Gasteiger partial charge in [0.1, 0.15) is 17.4 Å². The zero-order valence-electron chi connectivity index (χ0n) is 38.1. The number of imide groups is 1. The molecule has 1 atom stereocenters. The molecule has 4 amide bonds. The Balaban J connectivity index is 0.00000539. The number of benzene rings is 2. The summed E-state index contributed by atoms with van der Waals surface area (Å²) in [5, 5.41) is 7.77. The summed E-state index contributed by atoms with van der Waals surface area (Å²) >= 11 is 0. The Morgan fingerprint density at radius 2 is 1.72 bits per heavy atom. The molecule has 3 aromatic heterocycles. The smallest absolute Gasteiger partial charge is 0.264 e. The van der Waals surface area contributed by atoms with Crippen LogP contribution in [0.2, 0.25) is 0 Å². The summed E-state index contributed by atoms with van der Waals surface area (Å²) in [5.41, 5.74) is 8.11. The van der Waals surface area contributed by atoms with E-state index in [4.69, 9.17) is 9.84 Å². The monoisotopic (exact) mass is 916 g/mol. The lowest BCUT2D eigenvalue weighted by molar-refractivity contribution is -0.137. The van der Waals surface area contributed by atoms with E-state index in [1.54, 1.807) is 49.7 Å². The van der Waals surface area contributed by atoms with Crippen LogP contribution in [0, 0.1) is 5.92 Å². The number of pyridine rings is 1. The van der Waals surface area contributed by atoms with Crippen molar-refractivity contribution >= 4 is 46.5 Å². The predicted molar refractivity (Wildman–Crippen MR) is 249 cm³/mol. The SMILES string of the molecule is COc1cn2ccnc2cc1-c1cc2c(cc1C(F)F)N(c1nn(C3CCN(CC4CCN(c5ccc6c(c5)CN(C5CCC(=O)NC5=O)C6=O)CC4)CC3)c3c1CN(C(C)=O)CC3)CCC2.[HH]. The van der Waals surface area contributed by atoms with Gasteiger partial charge in [-0.05, 0) is 104 Å². The first-order chi connectivity index (χ1) is 32.5. The molecule has 2 aromatic carbocycles. The van der Waals surface area contributed by atoms with E-state index >= 15 is 8.78 Å². The minimum Gasteiger partial charge on any atom is -0.495 e. The highest BCUT2D eigenvalue weighted by Crippen LogP contribution is 2.46. The molecule has 67 heavy (non-hydrogen) atoms. The number of methoxy groups -OCH3 is 1. The molecule has 0 spiro atoms. The number of piperidine rings is 3. The first kappa shape index (κ1) is 43.2. The largest absolute Gasteiger partial charge is 0.495 e. The maximum absolute atomic E-state index is 15.2. The summed E-state index contributed by atoms with van der Waals surface area (Å²) in [4.78, 5) is 65.3. The van der Waals surface area contributed by atoms with Gasteiger partial charge in [-0.15, -0.1) is 0 Å². The molecule has 0 radical (unpaired) electrons. The number of nitrogens with zero attached hydrogens (tertiary/aromatic N) is 9. The highest BCUT2D eigenvalue weighted by molar-refractivity contribution is 6.05. The van der Waals surface area contributed by atoms with Gasteiger partial charge >= 0.3 is 0 Å². The number of hydrogen-bond donors (Lipinski definition) is 1. The summed E-state index contributed by atoms with van der Waals surface area (Å²) in [5.74, 6) is 1.00. The second-order valence-electron chi connectivity index (χ2n) is 19.2. The van der Waals surface area contributed by atoms with Gasteiger partial charge in [-0.2, -0.15) is 5.10 Å². The summed E-state index contributed by atoms with van der Waals surface area (Å²) in [6, 6.07) is 10.9. The van der Waals surface area contributed by atoms with Crippen LogP contribution in [-0.4, -0.2) is 116 Å². The maximum Gasteiger partial charge on any atom is 0.264 e. The van der Waals surface area contributed by atoms with E-state index in [1.165, 1.54) is 0 Å². The second kappa shape index (κ2) is 17.4. The third-order valence-electron chi connectivity index (χ3n) is 15.3. The molecule has 6 aliphatic heterocycles. The topological polar surface area (TPSA) is 141 Å². The van der Waals surface area contributed by atoms with Gasteiger partial charge in [-0.1, -0.05) is 0 Å². The van der Waals surface area contributed by atoms with Crippen LogP contribution >= 0.6 is 0 Å². The van der Waals surface area contributed by atoms with E-state index in [2.05, 4.69) is 35.7 Å². The number of aromatic nitrogens is 4. The van der Waals surface area contributed by atoms with Crippen molar-refractivity contribution in [1.82, 2.24) is 39.2 Å². The number of nitrogens with one attached hydrogen (secondary N) is 1. The number of carbonyl (C=O) groups excluding carboxylic acids is 4. The minimum absolute atomic E-state index is 0. The van der Waals surface area contributed by atoms with Crippen LogP contribution in [0.15, 0.2) is 55.0 Å². The quantitative estimate of drug-likeness (QED) is 0.159. The normalized spacial score (nSPS) is 20.7. The zero-order valence-corrected chi connectivity index (χ0v) is 38.1. The van der Waals surface area contributed by atoms with Crippen molar-refractivity contribution in [2.45, 2.75) is 96.3 Å². The maximum atomic E-state index is 15.2. The molecule has 0 aliphatic carbocycles. The van der Waals surface area contributed by atoms with Crippen molar-refractivity contribution in [1.29, 1.82) is 0 Å². The molecular formula is C50H58F2N10O5. The van der Waals surface area contributed by atoms with Crippen molar-refractivity contribution < 1.29 is 34.1 Å². The zero-order chi connectivity index (χ0) is 46.1. The van der Waals surface area contributed by atoms with Gasteiger partial charge in [-0.25, -0.2) is 13.8 Å². The van der Waals surface area contributed by atoms with Gasteiger partial charge in [0.2, 0.25) is 17.7 Å². The third kappa shape index (κ3) is 7.87. The lowest BCUT2D eigenvalue weighted by Gasteiger charge is -2.39. The number of ether oxygens (including phenoxy) is 1. The van der Waals surface area contributed by atoms with Gasteiger partial charge < -0.3 is 33.6 Å². The van der Waals surface area contributed by atoms with Gasteiger partial charge in [0, 0.05) is 125 Å². The molecule has 5 aromatic rings. The Bertz CT molecular complexity index is 2800. The molecule has 6 aliphatic rings. The van der Waals surface area contributed by atoms with Crippen LogP contribution in [-0.2, 0) is 40.3 Å². The first-order valence-electron chi connectivity index (χ1n) is 23.9. The molecule has 9 heterocycles. The second-order valence-corrected chi connectivity index (χ2v) is 19.2. The first-order valence-corrected chi connectivity index (χ1v) is 23.9. The minimum atomic E-state index is -2.73. The Labute approximate surface area is 389 Å². The standard InChI is InChI=1S/C50H56F2N10O5.H2/c1-30(63)58-20-13-41-40(28-58)48(60-15-3-4-32-23-37(39(47(51)52)24-43(32)60)38-25-45-53-14-21-59(45)29-44(38)67-2)55-62(41)34-11-16-56(17-12-34)26-31-9-18-57(19-10-31)35-5-6-36-33(22-35)27-61(50(36)66)42-7-8-46(64)54-49(42)65;/h5-6,14,21-25,29,31,34,42,47H,3-4,7-13,15-20,26-28H2,1-2H3,(H,54,64,65);1H. The number of rotatable bonds is 9. The Hall–Kier alpha value is -6.36. The number of likely N-dealkylation sites (tertiary alicyclic amines) is 1. The van der Waals surface area contributed by atoms with E-state index in [1.807, 2.05) is 27.5 Å². The van der Waals surface area contributed by atoms with Crippen molar-refractivity contribution in [3.8, 4) is 16.9 Å². The van der Waals surface area contributed by atoms with Crippen LogP contribution in [0.1, 0.15) is 104 Å². The van der Waals surface area contributed by atoms with Crippen molar-refractivity contribution in [3.05, 3.63) is 88.5 Å². The number of anilines is 3. The number of aryl methyl sites for hydroxylation is 1. The summed E-state index contributed by atoms with van der Waals surface area (Å²) in [6.07, 6.45) is 9.39. The molecular weight excluding hydrogens is 859 g/mol. The molecule has 3 saturated heterocycles. The average Bonchev–Trinajstić information content (AvgIpc) is 4.05. The predicted octanol–water partition coefficient (Wildman–Crippen LogP) is 6.69. The fraction of sp³-hybridized carbons (Fsp3) is 0.480. The molecule has 0 bridgehead atoms. The number of amides is 4. The average molecular weight is 917 g/mol. The number of hydrogen-bond acceptors (Lipinski definition) is 10. The van der Waals surface area contributed by atoms with E-state index in [0.29, 0.717) is 73.0 Å². The number of alkyl halides is 2. The Morgan fingerprint density at radius 1 is 0.896 bits per heavy atom. The van der Waals surface area contributed by atoms with E-state index in [0.717, 1.165) is 111 Å². The van der Waals surface area contributed by atoms with Gasteiger partial charge in [0.05, 0.1) is 25.9 Å². The number of fused-ring (bicyclic) bond motifs is 4. The van der Waals surface area contributed by atoms with Crippen molar-refractivity contribution in [2.75, 3.05) is 62.7 Å². The number of imidazole rings is 1.